The molecule has 21 heavy (non-hydrogen) atoms. The number of ether oxygens (including phenoxy) is 1. The number of unbranched alkanes of at least 4 members (excludes halogenated alkanes) is 3. The van der Waals surface area contributed by atoms with Crippen molar-refractivity contribution in [2.24, 2.45) is 0 Å². The summed E-state index contributed by atoms with van der Waals surface area (Å²) in [4.78, 5) is 4.59. The maximum atomic E-state index is 6.09. The minimum absolute atomic E-state index is 0.689. The maximum Gasteiger partial charge on any atom is 0.142 e. The Morgan fingerprint density at radius 2 is 2.05 bits per heavy atom. The van der Waals surface area contributed by atoms with Crippen LogP contribution in [0.5, 0.6) is 5.75 Å². The topological polar surface area (TPSA) is 48.1 Å². The molecule has 1 aromatic carbocycles. The molecule has 0 spiro atoms. The molecule has 2 N–H and O–H groups in total. The van der Waals surface area contributed by atoms with Crippen molar-refractivity contribution in [3.05, 3.63) is 28.6 Å². The zero-order chi connectivity index (χ0) is 15.1. The molecule has 0 saturated heterocycles. The van der Waals surface area contributed by atoms with E-state index in [-0.39, 0.29) is 0 Å². The molecule has 0 aliphatic carbocycles. The summed E-state index contributed by atoms with van der Waals surface area (Å²) in [6.45, 7) is 5.06. The lowest BCUT2D eigenvalue weighted by Crippen LogP contribution is -2.00. The number of benzene rings is 1. The molecular weight excluding hydrogens is 280 g/mol. The Morgan fingerprint density at radius 1 is 1.19 bits per heavy atom. The predicted molar refractivity (Wildman–Crippen MR) is 91.0 cm³/mol. The lowest BCUT2D eigenvalue weighted by Gasteiger charge is -2.09. The number of anilines is 1. The third kappa shape index (κ3) is 4.46. The SMILES string of the molecule is CCCCCCOc1ccc(-c2csc(CC)n2)cc1N. The first kappa shape index (κ1) is 15.8. The van der Waals surface area contributed by atoms with Crippen LogP contribution in [-0.2, 0) is 6.42 Å². The first-order valence-corrected chi connectivity index (χ1v) is 8.59. The van der Waals surface area contributed by atoms with Crippen molar-refractivity contribution in [2.75, 3.05) is 12.3 Å². The van der Waals surface area contributed by atoms with Gasteiger partial charge in [-0.2, -0.15) is 0 Å². The second-order valence-electron chi connectivity index (χ2n) is 5.14. The number of aromatic nitrogens is 1. The number of nitrogens with two attached hydrogens (primary N) is 1. The molecule has 0 atom stereocenters. The van der Waals surface area contributed by atoms with E-state index in [1.165, 1.54) is 19.3 Å². The van der Waals surface area contributed by atoms with Crippen LogP contribution in [0.25, 0.3) is 11.3 Å². The van der Waals surface area contributed by atoms with E-state index in [4.69, 9.17) is 10.5 Å². The molecule has 2 rings (SSSR count). The van der Waals surface area contributed by atoms with Gasteiger partial charge in [-0.25, -0.2) is 4.98 Å². The number of hydrogen-bond donors (Lipinski definition) is 1. The summed E-state index contributed by atoms with van der Waals surface area (Å²) in [5.74, 6) is 0.779. The van der Waals surface area contributed by atoms with Gasteiger partial charge in [0.1, 0.15) is 5.75 Å². The molecule has 0 aliphatic heterocycles. The van der Waals surface area contributed by atoms with Crippen LogP contribution in [0.15, 0.2) is 23.6 Å². The Bertz CT molecular complexity index is 566. The number of hydrogen-bond acceptors (Lipinski definition) is 4. The molecule has 0 amide bonds. The second-order valence-corrected chi connectivity index (χ2v) is 6.08. The molecular formula is C17H24N2OS. The Hall–Kier alpha value is -1.55. The summed E-state index contributed by atoms with van der Waals surface area (Å²) >= 11 is 1.69. The Morgan fingerprint density at radius 3 is 2.71 bits per heavy atom. The van der Waals surface area contributed by atoms with Crippen LogP contribution in [0.2, 0.25) is 0 Å². The van der Waals surface area contributed by atoms with Gasteiger partial charge in [-0.3, -0.25) is 0 Å². The van der Waals surface area contributed by atoms with Crippen molar-refractivity contribution < 1.29 is 4.74 Å². The molecule has 0 aliphatic rings. The van der Waals surface area contributed by atoms with Crippen LogP contribution in [-0.4, -0.2) is 11.6 Å². The quantitative estimate of drug-likeness (QED) is 0.556. The monoisotopic (exact) mass is 304 g/mol. The molecule has 1 heterocycles. The van der Waals surface area contributed by atoms with E-state index in [2.05, 4.69) is 24.2 Å². The number of nitrogens with zero attached hydrogens (tertiary/aromatic N) is 1. The van der Waals surface area contributed by atoms with E-state index in [0.29, 0.717) is 5.69 Å². The van der Waals surface area contributed by atoms with E-state index in [9.17, 15) is 0 Å². The van der Waals surface area contributed by atoms with Gasteiger partial charge in [0.15, 0.2) is 0 Å². The summed E-state index contributed by atoms with van der Waals surface area (Å²) in [7, 11) is 0. The summed E-state index contributed by atoms with van der Waals surface area (Å²) < 4.78 is 5.76. The number of aryl methyl sites for hydroxylation is 1. The normalized spacial score (nSPS) is 10.8. The van der Waals surface area contributed by atoms with Crippen molar-refractivity contribution in [2.45, 2.75) is 46.0 Å². The van der Waals surface area contributed by atoms with Gasteiger partial charge >= 0.3 is 0 Å². The Kier molecular flexibility index (Phi) is 6.05. The third-order valence-corrected chi connectivity index (χ3v) is 4.41. The highest BCUT2D eigenvalue weighted by Crippen LogP contribution is 2.29. The molecule has 0 saturated carbocycles. The standard InChI is InChI=1S/C17H24N2OS/c1-3-5-6-7-10-20-16-9-8-13(11-14(16)18)15-12-21-17(4-2)19-15/h8-9,11-12H,3-7,10,18H2,1-2H3. The van der Waals surface area contributed by atoms with Crippen molar-refractivity contribution in [1.29, 1.82) is 0 Å². The minimum atomic E-state index is 0.689. The van der Waals surface area contributed by atoms with Crippen LogP contribution >= 0.6 is 11.3 Å². The first-order chi connectivity index (χ1) is 10.2. The van der Waals surface area contributed by atoms with Gasteiger partial charge < -0.3 is 10.5 Å². The van der Waals surface area contributed by atoms with Gasteiger partial charge in [-0.05, 0) is 31.0 Å². The van der Waals surface area contributed by atoms with Gasteiger partial charge in [-0.15, -0.1) is 11.3 Å². The Balaban J connectivity index is 1.97. The van der Waals surface area contributed by atoms with Crippen LogP contribution in [0, 0.1) is 0 Å². The van der Waals surface area contributed by atoms with Crippen LogP contribution < -0.4 is 10.5 Å². The van der Waals surface area contributed by atoms with E-state index in [1.807, 2.05) is 18.2 Å². The fraction of sp³-hybridized carbons (Fsp3) is 0.471. The second kappa shape index (κ2) is 8.03. The average molecular weight is 304 g/mol. The molecule has 3 nitrogen and oxygen atoms in total. The van der Waals surface area contributed by atoms with Gasteiger partial charge in [-0.1, -0.05) is 33.1 Å². The first-order valence-electron chi connectivity index (χ1n) is 7.71. The summed E-state index contributed by atoms with van der Waals surface area (Å²) in [6.07, 6.45) is 5.78. The lowest BCUT2D eigenvalue weighted by atomic mass is 10.1. The lowest BCUT2D eigenvalue weighted by molar-refractivity contribution is 0.306. The molecule has 1 aromatic heterocycles. The minimum Gasteiger partial charge on any atom is -0.491 e. The zero-order valence-corrected chi connectivity index (χ0v) is 13.7. The highest BCUT2D eigenvalue weighted by Gasteiger charge is 2.07. The molecule has 0 bridgehead atoms. The van der Waals surface area contributed by atoms with Crippen LogP contribution in [0.4, 0.5) is 5.69 Å². The van der Waals surface area contributed by atoms with Crippen molar-refractivity contribution in [3.63, 3.8) is 0 Å². The smallest absolute Gasteiger partial charge is 0.142 e. The fourth-order valence-corrected chi connectivity index (χ4v) is 2.91. The van der Waals surface area contributed by atoms with Gasteiger partial charge in [0.05, 0.1) is 23.0 Å². The highest BCUT2D eigenvalue weighted by molar-refractivity contribution is 7.09. The summed E-state index contributed by atoms with van der Waals surface area (Å²) in [6, 6.07) is 5.94. The molecule has 4 heteroatoms. The molecule has 114 valence electrons. The molecule has 0 fully saturated rings. The largest absolute Gasteiger partial charge is 0.491 e. The van der Waals surface area contributed by atoms with E-state index < -0.39 is 0 Å². The number of thiazole rings is 1. The van der Waals surface area contributed by atoms with Gasteiger partial charge in [0.2, 0.25) is 0 Å². The summed E-state index contributed by atoms with van der Waals surface area (Å²) in [5.41, 5.74) is 8.83. The van der Waals surface area contributed by atoms with Gasteiger partial charge in [0.25, 0.3) is 0 Å². The fourth-order valence-electron chi connectivity index (χ4n) is 2.16. The van der Waals surface area contributed by atoms with E-state index in [1.54, 1.807) is 11.3 Å². The third-order valence-electron chi connectivity index (χ3n) is 3.42. The van der Waals surface area contributed by atoms with E-state index in [0.717, 1.165) is 41.5 Å². The summed E-state index contributed by atoms with van der Waals surface area (Å²) in [5, 5.41) is 3.23. The van der Waals surface area contributed by atoms with Crippen molar-refractivity contribution in [1.82, 2.24) is 4.98 Å². The molecule has 0 unspecified atom stereocenters. The highest BCUT2D eigenvalue weighted by atomic mass is 32.1. The average Bonchev–Trinajstić information content (AvgIpc) is 2.97. The van der Waals surface area contributed by atoms with E-state index >= 15 is 0 Å². The number of nitrogen functional groups attached to an aromatic ring is 1. The maximum absolute atomic E-state index is 6.09. The van der Waals surface area contributed by atoms with Crippen molar-refractivity contribution >= 4 is 17.0 Å². The van der Waals surface area contributed by atoms with Crippen LogP contribution in [0.3, 0.4) is 0 Å². The zero-order valence-electron chi connectivity index (χ0n) is 12.9. The van der Waals surface area contributed by atoms with Crippen molar-refractivity contribution in [3.8, 4) is 17.0 Å². The van der Waals surface area contributed by atoms with Crippen LogP contribution in [0.1, 0.15) is 44.5 Å². The number of rotatable bonds is 8. The Labute approximate surface area is 131 Å². The molecule has 0 radical (unpaired) electrons. The molecule has 2 aromatic rings. The predicted octanol–water partition coefficient (Wildman–Crippen LogP) is 4.91. The van der Waals surface area contributed by atoms with Gasteiger partial charge in [0, 0.05) is 10.9 Å².